The first-order valence-electron chi connectivity index (χ1n) is 7.46. The molecule has 5 heteroatoms. The van der Waals surface area contributed by atoms with Crippen LogP contribution in [-0.4, -0.2) is 41.3 Å². The first-order chi connectivity index (χ1) is 10.1. The maximum absolute atomic E-state index is 11.7. The van der Waals surface area contributed by atoms with Gasteiger partial charge in [-0.1, -0.05) is 37.3 Å². The van der Waals surface area contributed by atoms with Gasteiger partial charge in [0.25, 0.3) is 0 Å². The number of nitrogens with one attached hydrogen (secondary N) is 2. The summed E-state index contributed by atoms with van der Waals surface area (Å²) in [7, 11) is 0. The van der Waals surface area contributed by atoms with Crippen LogP contribution < -0.4 is 10.6 Å². The lowest BCUT2D eigenvalue weighted by Crippen LogP contribution is -2.46. The molecule has 0 unspecified atom stereocenters. The summed E-state index contributed by atoms with van der Waals surface area (Å²) < 4.78 is 0. The minimum Gasteiger partial charge on any atom is -0.387 e. The third kappa shape index (κ3) is 5.25. The van der Waals surface area contributed by atoms with E-state index in [9.17, 15) is 9.90 Å². The van der Waals surface area contributed by atoms with E-state index in [0.29, 0.717) is 24.8 Å². The van der Waals surface area contributed by atoms with E-state index in [1.807, 2.05) is 18.2 Å². The Morgan fingerprint density at radius 1 is 1.38 bits per heavy atom. The quantitative estimate of drug-likeness (QED) is 0.756. The first kappa shape index (κ1) is 16.2. The fourth-order valence-electron chi connectivity index (χ4n) is 2.39. The molecule has 0 spiro atoms. The van der Waals surface area contributed by atoms with E-state index in [0.717, 1.165) is 18.6 Å². The second-order valence-corrected chi connectivity index (χ2v) is 6.84. The van der Waals surface area contributed by atoms with Gasteiger partial charge in [-0.3, -0.25) is 0 Å². The van der Waals surface area contributed by atoms with Crippen molar-refractivity contribution in [1.82, 2.24) is 10.6 Å². The maximum atomic E-state index is 11.7. The number of benzene rings is 1. The molecule has 0 aromatic heterocycles. The van der Waals surface area contributed by atoms with Crippen LogP contribution in [0.1, 0.15) is 31.2 Å². The van der Waals surface area contributed by atoms with Crippen molar-refractivity contribution in [2.75, 3.05) is 24.6 Å². The molecule has 1 aliphatic heterocycles. The number of carbonyl (C=O) groups excluding carboxylic acids is 1. The number of amides is 2. The lowest BCUT2D eigenvalue weighted by Gasteiger charge is -2.21. The van der Waals surface area contributed by atoms with Crippen molar-refractivity contribution in [1.29, 1.82) is 0 Å². The zero-order chi connectivity index (χ0) is 15.1. The number of urea groups is 1. The van der Waals surface area contributed by atoms with Crippen LogP contribution in [0.3, 0.4) is 0 Å². The SMILES string of the molecule is C[C@H](CCNC(=O)NC[C@]1(O)CCSC1)c1ccccc1. The second kappa shape index (κ2) is 7.71. The van der Waals surface area contributed by atoms with Crippen LogP contribution in [0.2, 0.25) is 0 Å². The molecule has 4 nitrogen and oxygen atoms in total. The van der Waals surface area contributed by atoms with Gasteiger partial charge in [0.15, 0.2) is 0 Å². The number of rotatable bonds is 6. The lowest BCUT2D eigenvalue weighted by atomic mass is 9.98. The largest absolute Gasteiger partial charge is 0.387 e. The summed E-state index contributed by atoms with van der Waals surface area (Å²) in [4.78, 5) is 11.7. The van der Waals surface area contributed by atoms with Gasteiger partial charge in [-0.2, -0.15) is 11.8 Å². The first-order valence-corrected chi connectivity index (χ1v) is 8.61. The third-order valence-electron chi connectivity index (χ3n) is 3.89. The minimum absolute atomic E-state index is 0.194. The maximum Gasteiger partial charge on any atom is 0.314 e. The van der Waals surface area contributed by atoms with Crippen LogP contribution in [0, 0.1) is 0 Å². The van der Waals surface area contributed by atoms with Crippen molar-refractivity contribution in [3.63, 3.8) is 0 Å². The van der Waals surface area contributed by atoms with Gasteiger partial charge in [0.1, 0.15) is 0 Å². The van der Waals surface area contributed by atoms with E-state index in [-0.39, 0.29) is 6.03 Å². The molecule has 0 radical (unpaired) electrons. The highest BCUT2D eigenvalue weighted by Crippen LogP contribution is 2.26. The summed E-state index contributed by atoms with van der Waals surface area (Å²) in [5.41, 5.74) is 0.566. The Hall–Kier alpha value is -1.20. The molecule has 1 heterocycles. The molecule has 2 amide bonds. The molecule has 116 valence electrons. The highest BCUT2D eigenvalue weighted by atomic mass is 32.2. The molecule has 2 atom stereocenters. The van der Waals surface area contributed by atoms with Crippen LogP contribution in [0.4, 0.5) is 4.79 Å². The second-order valence-electron chi connectivity index (χ2n) is 5.74. The zero-order valence-corrected chi connectivity index (χ0v) is 13.3. The number of carbonyl (C=O) groups is 1. The van der Waals surface area contributed by atoms with Crippen LogP contribution in [0.5, 0.6) is 0 Å². The fraction of sp³-hybridized carbons (Fsp3) is 0.562. The molecule has 1 saturated heterocycles. The molecule has 1 aromatic carbocycles. The Bertz CT molecular complexity index is 447. The van der Waals surface area contributed by atoms with Crippen molar-refractivity contribution in [3.8, 4) is 0 Å². The summed E-state index contributed by atoms with van der Waals surface area (Å²) in [5, 5.41) is 15.8. The molecule has 3 N–H and O–H groups in total. The Morgan fingerprint density at radius 3 is 2.81 bits per heavy atom. The Morgan fingerprint density at radius 2 is 2.14 bits per heavy atom. The summed E-state index contributed by atoms with van der Waals surface area (Å²) in [5.74, 6) is 2.09. The number of thioether (sulfide) groups is 1. The van der Waals surface area contributed by atoms with Crippen LogP contribution >= 0.6 is 11.8 Å². The molecule has 0 saturated carbocycles. The smallest absolute Gasteiger partial charge is 0.314 e. The van der Waals surface area contributed by atoms with Crippen molar-refractivity contribution in [3.05, 3.63) is 35.9 Å². The Labute approximate surface area is 130 Å². The lowest BCUT2D eigenvalue weighted by molar-refractivity contribution is 0.0700. The molecule has 0 aliphatic carbocycles. The summed E-state index contributed by atoms with van der Waals surface area (Å²) in [6.45, 7) is 3.13. The number of hydrogen-bond acceptors (Lipinski definition) is 3. The molecule has 21 heavy (non-hydrogen) atoms. The van der Waals surface area contributed by atoms with E-state index in [2.05, 4.69) is 29.7 Å². The summed E-state index contributed by atoms with van der Waals surface area (Å²) in [6.07, 6.45) is 1.65. The van der Waals surface area contributed by atoms with Gasteiger partial charge in [0, 0.05) is 18.8 Å². The minimum atomic E-state index is -0.723. The third-order valence-corrected chi connectivity index (χ3v) is 5.13. The predicted octanol–water partition coefficient (Wildman–Crippen LogP) is 2.35. The molecule has 0 bridgehead atoms. The van der Waals surface area contributed by atoms with E-state index < -0.39 is 5.60 Å². The van der Waals surface area contributed by atoms with Gasteiger partial charge in [-0.05, 0) is 30.1 Å². The molecule has 2 rings (SSSR count). The average Bonchev–Trinajstić information content (AvgIpc) is 2.93. The summed E-state index contributed by atoms with van der Waals surface area (Å²) in [6, 6.07) is 10.1. The van der Waals surface area contributed by atoms with Crippen molar-refractivity contribution in [2.24, 2.45) is 0 Å². The highest BCUT2D eigenvalue weighted by molar-refractivity contribution is 7.99. The van der Waals surface area contributed by atoms with Crippen LogP contribution in [0.15, 0.2) is 30.3 Å². The zero-order valence-electron chi connectivity index (χ0n) is 12.5. The number of aliphatic hydroxyl groups is 1. The fourth-order valence-corrected chi connectivity index (χ4v) is 3.69. The topological polar surface area (TPSA) is 61.4 Å². The number of hydrogen-bond donors (Lipinski definition) is 3. The van der Waals surface area contributed by atoms with E-state index in [1.165, 1.54) is 5.56 Å². The van der Waals surface area contributed by atoms with Gasteiger partial charge in [0.05, 0.1) is 5.60 Å². The molecule has 1 fully saturated rings. The normalized spacial score (nSPS) is 22.8. The molecule has 1 aliphatic rings. The highest BCUT2D eigenvalue weighted by Gasteiger charge is 2.31. The van der Waals surface area contributed by atoms with Gasteiger partial charge < -0.3 is 15.7 Å². The Balaban J connectivity index is 1.63. The molecule has 1 aromatic rings. The monoisotopic (exact) mass is 308 g/mol. The van der Waals surface area contributed by atoms with Gasteiger partial charge in [-0.25, -0.2) is 4.79 Å². The van der Waals surface area contributed by atoms with Crippen LogP contribution in [-0.2, 0) is 0 Å². The molecular formula is C16H24N2O2S. The van der Waals surface area contributed by atoms with Gasteiger partial charge in [-0.15, -0.1) is 0 Å². The van der Waals surface area contributed by atoms with Crippen molar-refractivity contribution < 1.29 is 9.90 Å². The van der Waals surface area contributed by atoms with Crippen LogP contribution in [0.25, 0.3) is 0 Å². The predicted molar refractivity (Wildman–Crippen MR) is 87.8 cm³/mol. The average molecular weight is 308 g/mol. The van der Waals surface area contributed by atoms with Crippen molar-refractivity contribution >= 4 is 17.8 Å². The van der Waals surface area contributed by atoms with Gasteiger partial charge >= 0.3 is 6.03 Å². The standard InChI is InChI=1S/C16H24N2O2S/c1-13(14-5-3-2-4-6-14)7-9-17-15(19)18-11-16(20)8-10-21-12-16/h2-6,13,20H,7-12H2,1H3,(H2,17,18,19)/t13-,16-/m1/s1. The summed E-state index contributed by atoms with van der Waals surface area (Å²) >= 11 is 1.73. The van der Waals surface area contributed by atoms with E-state index >= 15 is 0 Å². The van der Waals surface area contributed by atoms with Gasteiger partial charge in [0.2, 0.25) is 0 Å². The van der Waals surface area contributed by atoms with E-state index in [4.69, 9.17) is 0 Å². The Kier molecular flexibility index (Phi) is 5.94. The molecular weight excluding hydrogens is 284 g/mol. The van der Waals surface area contributed by atoms with Crippen molar-refractivity contribution in [2.45, 2.75) is 31.3 Å². The van der Waals surface area contributed by atoms with E-state index in [1.54, 1.807) is 11.8 Å².